The highest BCUT2D eigenvalue weighted by Gasteiger charge is 2.26. The van der Waals surface area contributed by atoms with Gasteiger partial charge in [-0.2, -0.15) is 0 Å². The second-order valence-corrected chi connectivity index (χ2v) is 6.56. The van der Waals surface area contributed by atoms with Gasteiger partial charge in [0.05, 0.1) is 13.1 Å². The lowest BCUT2D eigenvalue weighted by Crippen LogP contribution is -2.51. The number of halogens is 2. The van der Waals surface area contributed by atoms with E-state index in [9.17, 15) is 10.0 Å². The SMILES string of the molecule is O=C(/C=C/c1ccc(Cl)cc1Cl)N1CCN(c2cccc[n+]2O)CC1. The van der Waals surface area contributed by atoms with Crippen molar-refractivity contribution in [1.82, 2.24) is 4.90 Å². The number of hydrogen-bond donors (Lipinski definition) is 1. The fourth-order valence-electron chi connectivity index (χ4n) is 2.73. The van der Waals surface area contributed by atoms with Gasteiger partial charge in [0.1, 0.15) is 19.3 Å². The Balaban J connectivity index is 1.60. The molecule has 0 radical (unpaired) electrons. The molecular weight excluding hydrogens is 361 g/mol. The van der Waals surface area contributed by atoms with Gasteiger partial charge in [0.25, 0.3) is 0 Å². The maximum Gasteiger partial charge on any atom is 0.316 e. The minimum atomic E-state index is -0.0596. The van der Waals surface area contributed by atoms with E-state index < -0.39 is 0 Å². The lowest BCUT2D eigenvalue weighted by molar-refractivity contribution is -0.894. The number of carbonyl (C=O) groups is 1. The summed E-state index contributed by atoms with van der Waals surface area (Å²) >= 11 is 12.0. The van der Waals surface area contributed by atoms with Crippen molar-refractivity contribution in [3.05, 3.63) is 64.3 Å². The molecule has 0 spiro atoms. The molecule has 1 aliphatic heterocycles. The molecule has 1 aliphatic rings. The minimum absolute atomic E-state index is 0.0596. The zero-order valence-electron chi connectivity index (χ0n) is 13.5. The van der Waals surface area contributed by atoms with Gasteiger partial charge in [-0.05, 0) is 29.8 Å². The van der Waals surface area contributed by atoms with E-state index in [2.05, 4.69) is 0 Å². The van der Waals surface area contributed by atoms with Gasteiger partial charge in [-0.1, -0.05) is 40.1 Å². The predicted molar refractivity (Wildman–Crippen MR) is 98.1 cm³/mol. The van der Waals surface area contributed by atoms with E-state index in [1.165, 1.54) is 6.08 Å². The van der Waals surface area contributed by atoms with E-state index in [-0.39, 0.29) is 5.91 Å². The maximum absolute atomic E-state index is 12.4. The third-order valence-electron chi connectivity index (χ3n) is 4.10. The van der Waals surface area contributed by atoms with E-state index in [1.807, 2.05) is 17.0 Å². The van der Waals surface area contributed by atoms with Crippen LogP contribution in [0.3, 0.4) is 0 Å². The summed E-state index contributed by atoms with van der Waals surface area (Å²) in [5.74, 6) is 0.661. The molecule has 1 saturated heterocycles. The van der Waals surface area contributed by atoms with Gasteiger partial charge in [-0.3, -0.25) is 9.69 Å². The van der Waals surface area contributed by atoms with Crippen molar-refractivity contribution in [2.75, 3.05) is 31.1 Å². The van der Waals surface area contributed by atoms with Crippen LogP contribution in [0.1, 0.15) is 5.56 Å². The van der Waals surface area contributed by atoms with Crippen LogP contribution in [0, 0.1) is 0 Å². The van der Waals surface area contributed by atoms with Crippen molar-refractivity contribution in [3.63, 3.8) is 0 Å². The Hall–Kier alpha value is -2.24. The number of aromatic nitrogens is 1. The van der Waals surface area contributed by atoms with Crippen LogP contribution in [0.2, 0.25) is 10.0 Å². The second kappa shape index (κ2) is 7.76. The number of nitrogens with zero attached hydrogens (tertiary/aromatic N) is 3. The van der Waals surface area contributed by atoms with Crippen LogP contribution >= 0.6 is 23.2 Å². The third-order valence-corrected chi connectivity index (χ3v) is 4.66. The summed E-state index contributed by atoms with van der Waals surface area (Å²) in [5.41, 5.74) is 0.753. The number of anilines is 1. The lowest BCUT2D eigenvalue weighted by atomic mass is 10.2. The van der Waals surface area contributed by atoms with E-state index in [4.69, 9.17) is 23.2 Å². The van der Waals surface area contributed by atoms with E-state index in [0.29, 0.717) is 36.2 Å². The Kier molecular flexibility index (Phi) is 5.46. The normalized spacial score (nSPS) is 15.0. The van der Waals surface area contributed by atoms with Crippen LogP contribution in [0.25, 0.3) is 6.08 Å². The van der Waals surface area contributed by atoms with Crippen molar-refractivity contribution < 1.29 is 14.7 Å². The van der Waals surface area contributed by atoms with Crippen molar-refractivity contribution in [3.8, 4) is 0 Å². The largest absolute Gasteiger partial charge is 0.350 e. The lowest BCUT2D eigenvalue weighted by Gasteiger charge is -2.30. The Morgan fingerprint density at radius 1 is 1.12 bits per heavy atom. The number of piperazine rings is 1. The molecule has 7 heteroatoms. The summed E-state index contributed by atoms with van der Waals surface area (Å²) in [5, 5.41) is 10.9. The van der Waals surface area contributed by atoms with Crippen LogP contribution in [0.5, 0.6) is 0 Å². The number of amides is 1. The number of rotatable bonds is 3. The van der Waals surface area contributed by atoms with Gasteiger partial charge < -0.3 is 10.1 Å². The Morgan fingerprint density at radius 3 is 2.56 bits per heavy atom. The van der Waals surface area contributed by atoms with Crippen LogP contribution in [-0.2, 0) is 4.79 Å². The molecule has 1 fully saturated rings. The highest BCUT2D eigenvalue weighted by molar-refractivity contribution is 6.35. The molecule has 1 aromatic heterocycles. The first-order chi connectivity index (χ1) is 12.0. The summed E-state index contributed by atoms with van der Waals surface area (Å²) in [6.07, 6.45) is 4.82. The zero-order chi connectivity index (χ0) is 17.8. The zero-order valence-corrected chi connectivity index (χ0v) is 15.0. The molecule has 130 valence electrons. The fourth-order valence-corrected chi connectivity index (χ4v) is 3.21. The summed E-state index contributed by atoms with van der Waals surface area (Å²) in [6.45, 7) is 2.50. The number of benzene rings is 1. The monoisotopic (exact) mass is 378 g/mol. The van der Waals surface area contributed by atoms with Crippen LogP contribution in [0.4, 0.5) is 5.82 Å². The van der Waals surface area contributed by atoms with Gasteiger partial charge in [-0.25, -0.2) is 0 Å². The Bertz CT molecular complexity index is 803. The van der Waals surface area contributed by atoms with Crippen molar-refractivity contribution in [2.24, 2.45) is 0 Å². The van der Waals surface area contributed by atoms with Gasteiger partial charge in [-0.15, -0.1) is 0 Å². The molecule has 0 unspecified atom stereocenters. The van der Waals surface area contributed by atoms with E-state index in [1.54, 1.807) is 41.4 Å². The van der Waals surface area contributed by atoms with Gasteiger partial charge in [0.2, 0.25) is 5.91 Å². The van der Waals surface area contributed by atoms with Gasteiger partial charge >= 0.3 is 5.82 Å². The number of hydrogen-bond acceptors (Lipinski definition) is 3. The molecule has 1 aromatic carbocycles. The third kappa shape index (κ3) is 4.24. The summed E-state index contributed by atoms with van der Waals surface area (Å²) in [6, 6.07) is 10.6. The molecule has 2 aromatic rings. The van der Waals surface area contributed by atoms with E-state index in [0.717, 1.165) is 16.1 Å². The van der Waals surface area contributed by atoms with Crippen LogP contribution in [0.15, 0.2) is 48.7 Å². The van der Waals surface area contributed by atoms with Crippen LogP contribution in [-0.4, -0.2) is 42.2 Å². The van der Waals surface area contributed by atoms with Crippen molar-refractivity contribution in [2.45, 2.75) is 0 Å². The number of carbonyl (C=O) groups excluding carboxylic acids is 1. The Labute approximate surface area is 156 Å². The first kappa shape index (κ1) is 17.6. The summed E-state index contributed by atoms with van der Waals surface area (Å²) < 4.78 is 1.10. The highest BCUT2D eigenvalue weighted by Crippen LogP contribution is 2.22. The van der Waals surface area contributed by atoms with Crippen molar-refractivity contribution in [1.29, 1.82) is 0 Å². The topological polar surface area (TPSA) is 47.7 Å². The molecule has 0 atom stereocenters. The number of pyridine rings is 1. The predicted octanol–water partition coefficient (Wildman–Crippen LogP) is 2.88. The fraction of sp³-hybridized carbons (Fsp3) is 0.222. The molecule has 0 saturated carbocycles. The summed E-state index contributed by atoms with van der Waals surface area (Å²) in [7, 11) is 0. The molecule has 3 rings (SSSR count). The maximum atomic E-state index is 12.4. The quantitative estimate of drug-likeness (QED) is 0.507. The van der Waals surface area contributed by atoms with Crippen molar-refractivity contribution >= 4 is 41.0 Å². The molecule has 2 heterocycles. The molecular formula is C18H18Cl2N3O2+. The van der Waals surface area contributed by atoms with Crippen LogP contribution < -0.4 is 9.63 Å². The first-order valence-electron chi connectivity index (χ1n) is 7.91. The van der Waals surface area contributed by atoms with Gasteiger partial charge in [0.15, 0.2) is 0 Å². The average molecular weight is 379 g/mol. The average Bonchev–Trinajstić information content (AvgIpc) is 2.61. The molecule has 0 aliphatic carbocycles. The standard InChI is InChI=1S/C18H18Cl2N3O2/c19-15-6-4-14(16(20)13-15)5-7-18(24)22-11-9-21(10-12-22)17-3-1-2-8-23(17)25/h1-8,13,25H,9-12H2/q+1/b7-5+. The molecule has 0 bridgehead atoms. The second-order valence-electron chi connectivity index (χ2n) is 5.71. The molecule has 1 N–H and O–H groups in total. The Morgan fingerprint density at radius 2 is 1.88 bits per heavy atom. The first-order valence-corrected chi connectivity index (χ1v) is 8.67. The van der Waals surface area contributed by atoms with Gasteiger partial charge in [0, 0.05) is 22.2 Å². The minimum Gasteiger partial charge on any atom is -0.350 e. The van der Waals surface area contributed by atoms with E-state index >= 15 is 0 Å². The summed E-state index contributed by atoms with van der Waals surface area (Å²) in [4.78, 5) is 16.2. The highest BCUT2D eigenvalue weighted by atomic mass is 35.5. The molecule has 25 heavy (non-hydrogen) atoms. The molecule has 5 nitrogen and oxygen atoms in total. The molecule has 1 amide bonds. The smallest absolute Gasteiger partial charge is 0.316 e.